The monoisotopic (exact) mass is 534 g/mol. The highest BCUT2D eigenvalue weighted by Crippen LogP contribution is 2.35. The maximum absolute atomic E-state index is 11.9. The summed E-state index contributed by atoms with van der Waals surface area (Å²) < 4.78 is 25.9. The Morgan fingerprint density at radius 3 is 2.34 bits per heavy atom. The van der Waals surface area contributed by atoms with E-state index in [0.717, 1.165) is 34.4 Å². The molecule has 204 valence electrons. The van der Waals surface area contributed by atoms with E-state index in [9.17, 15) is 8.42 Å². The van der Waals surface area contributed by atoms with Crippen LogP contribution in [0.4, 0.5) is 0 Å². The lowest BCUT2D eigenvalue weighted by atomic mass is 9.87. The molecule has 1 aromatic heterocycles. The lowest BCUT2D eigenvalue weighted by Gasteiger charge is -2.37. The number of hydrogen-bond acceptors (Lipinski definition) is 5. The minimum Gasteiger partial charge on any atom is -0.327 e. The Balaban J connectivity index is 1.15. The van der Waals surface area contributed by atoms with Crippen molar-refractivity contribution in [3.05, 3.63) is 47.5 Å². The molecular weight excluding hydrogens is 492 g/mol. The number of hydrogen-bond donors (Lipinski definition) is 0. The van der Waals surface area contributed by atoms with Crippen LogP contribution in [0.3, 0.4) is 0 Å². The van der Waals surface area contributed by atoms with Crippen LogP contribution in [0.5, 0.6) is 0 Å². The fourth-order valence-electron chi connectivity index (χ4n) is 6.78. The van der Waals surface area contributed by atoms with Gasteiger partial charge in [0.15, 0.2) is 9.84 Å². The number of nitrogens with zero attached hydrogens (tertiary/aromatic N) is 4. The largest absolute Gasteiger partial charge is 0.327 e. The molecule has 3 aromatic rings. The van der Waals surface area contributed by atoms with Crippen molar-refractivity contribution >= 4 is 20.9 Å². The first-order chi connectivity index (χ1) is 18.3. The second-order valence-electron chi connectivity index (χ2n) is 12.1. The van der Waals surface area contributed by atoms with E-state index in [1.54, 1.807) is 12.1 Å². The van der Waals surface area contributed by atoms with Crippen molar-refractivity contribution in [1.29, 1.82) is 0 Å². The molecule has 1 saturated carbocycles. The van der Waals surface area contributed by atoms with Crippen molar-refractivity contribution in [3.8, 4) is 11.4 Å². The third-order valence-corrected chi connectivity index (χ3v) is 10.4. The van der Waals surface area contributed by atoms with Gasteiger partial charge in [0.25, 0.3) is 0 Å². The summed E-state index contributed by atoms with van der Waals surface area (Å²) in [6, 6.07) is 12.5. The molecule has 3 aliphatic rings. The van der Waals surface area contributed by atoms with Gasteiger partial charge in [-0.1, -0.05) is 6.07 Å². The molecule has 6 rings (SSSR count). The number of sulfone groups is 1. The summed E-state index contributed by atoms with van der Waals surface area (Å²) in [5.74, 6) is 2.47. The van der Waals surface area contributed by atoms with Gasteiger partial charge in [0, 0.05) is 31.5 Å². The van der Waals surface area contributed by atoms with Crippen molar-refractivity contribution in [1.82, 2.24) is 19.4 Å². The van der Waals surface area contributed by atoms with Crippen molar-refractivity contribution < 1.29 is 8.42 Å². The fraction of sp³-hybridized carbons (Fsp3) is 0.581. The number of aromatic nitrogens is 2. The molecule has 0 amide bonds. The third kappa shape index (κ3) is 5.43. The van der Waals surface area contributed by atoms with Crippen molar-refractivity contribution in [2.45, 2.75) is 68.7 Å². The van der Waals surface area contributed by atoms with E-state index in [1.807, 2.05) is 12.1 Å². The zero-order valence-corrected chi connectivity index (χ0v) is 24.0. The summed E-state index contributed by atoms with van der Waals surface area (Å²) in [6.45, 7) is 8.52. The first-order valence-electron chi connectivity index (χ1n) is 14.5. The minimum atomic E-state index is -3.21. The van der Waals surface area contributed by atoms with Crippen LogP contribution in [0.25, 0.3) is 22.4 Å². The third-order valence-electron chi connectivity index (χ3n) is 9.26. The van der Waals surface area contributed by atoms with Crippen molar-refractivity contribution in [3.63, 3.8) is 0 Å². The van der Waals surface area contributed by atoms with E-state index in [1.165, 1.54) is 95.1 Å². The Hall–Kier alpha value is -2.22. The molecule has 0 spiro atoms. The van der Waals surface area contributed by atoms with Crippen molar-refractivity contribution in [2.75, 3.05) is 39.0 Å². The van der Waals surface area contributed by atoms with Crippen LogP contribution in [-0.2, 0) is 16.9 Å². The van der Waals surface area contributed by atoms with E-state index in [4.69, 9.17) is 4.98 Å². The molecule has 3 fully saturated rings. The zero-order valence-electron chi connectivity index (χ0n) is 23.2. The number of aryl methyl sites for hydroxylation is 2. The SMILES string of the molecule is Cc1cc(C2CCN(C3CCCN(CC4CC4)CC3)CC2)cc2c1nc(-c1ccc(S(C)(=O)=O)cc1)n2C. The molecule has 1 atom stereocenters. The molecular formula is C31H42N4O2S. The number of imidazole rings is 1. The van der Waals surface area contributed by atoms with E-state index in [-0.39, 0.29) is 0 Å². The molecule has 0 bridgehead atoms. The highest BCUT2D eigenvalue weighted by Gasteiger charge is 2.30. The quantitative estimate of drug-likeness (QED) is 0.424. The van der Waals surface area contributed by atoms with Gasteiger partial charge in [0.05, 0.1) is 15.9 Å². The summed E-state index contributed by atoms with van der Waals surface area (Å²) in [4.78, 5) is 10.8. The molecule has 0 radical (unpaired) electrons. The Morgan fingerprint density at radius 2 is 1.66 bits per heavy atom. The van der Waals surface area contributed by atoms with Gasteiger partial charge in [-0.2, -0.15) is 0 Å². The van der Waals surface area contributed by atoms with Crippen LogP contribution in [-0.4, -0.2) is 72.8 Å². The number of piperidine rings is 1. The highest BCUT2D eigenvalue weighted by atomic mass is 32.2. The van der Waals surface area contributed by atoms with Crippen LogP contribution < -0.4 is 0 Å². The standard InChI is InChI=1S/C31H42N4O2S/c1-22-19-26(20-29-30(22)32-31(33(29)2)25-8-10-28(11-9-25)38(3,36)37)24-12-17-35(18-13-24)27-5-4-15-34(16-14-27)21-23-6-7-23/h8-11,19-20,23-24,27H,4-7,12-18,21H2,1-3H3. The molecule has 7 heteroatoms. The predicted octanol–water partition coefficient (Wildman–Crippen LogP) is 5.40. The zero-order chi connectivity index (χ0) is 26.4. The van der Waals surface area contributed by atoms with Crippen LogP contribution in [0, 0.1) is 12.8 Å². The van der Waals surface area contributed by atoms with Gasteiger partial charge in [0.1, 0.15) is 5.82 Å². The maximum atomic E-state index is 11.9. The lowest BCUT2D eigenvalue weighted by Crippen LogP contribution is -2.41. The van der Waals surface area contributed by atoms with E-state index in [0.29, 0.717) is 10.8 Å². The first kappa shape index (κ1) is 26.0. The highest BCUT2D eigenvalue weighted by molar-refractivity contribution is 7.90. The topological polar surface area (TPSA) is 58.4 Å². The molecule has 0 N–H and O–H groups in total. The summed E-state index contributed by atoms with van der Waals surface area (Å²) in [5.41, 5.74) is 5.78. The number of fused-ring (bicyclic) bond motifs is 1. The second-order valence-corrected chi connectivity index (χ2v) is 14.2. The van der Waals surface area contributed by atoms with Gasteiger partial charge in [-0.15, -0.1) is 0 Å². The normalized spacial score (nSPS) is 22.7. The average Bonchev–Trinajstić information content (AvgIpc) is 3.70. The number of rotatable bonds is 6. The Kier molecular flexibility index (Phi) is 7.12. The van der Waals surface area contributed by atoms with E-state index < -0.39 is 9.84 Å². The summed E-state index contributed by atoms with van der Waals surface area (Å²) in [7, 11) is -1.14. The molecule has 2 saturated heterocycles. The van der Waals surface area contributed by atoms with Crippen LogP contribution in [0.15, 0.2) is 41.3 Å². The molecule has 2 aliphatic heterocycles. The molecule has 1 unspecified atom stereocenters. The van der Waals surface area contributed by atoms with Gasteiger partial charge in [-0.3, -0.25) is 0 Å². The molecule has 38 heavy (non-hydrogen) atoms. The molecule has 3 heterocycles. The van der Waals surface area contributed by atoms with Gasteiger partial charge < -0.3 is 14.4 Å². The van der Waals surface area contributed by atoms with Crippen LogP contribution in [0.2, 0.25) is 0 Å². The second kappa shape index (κ2) is 10.4. The summed E-state index contributed by atoms with van der Waals surface area (Å²) in [5, 5.41) is 0. The fourth-order valence-corrected chi connectivity index (χ4v) is 7.41. The Bertz CT molecular complexity index is 1400. The van der Waals surface area contributed by atoms with Crippen LogP contribution in [0.1, 0.15) is 62.0 Å². The first-order valence-corrected chi connectivity index (χ1v) is 16.4. The molecule has 1 aliphatic carbocycles. The number of likely N-dealkylation sites (tertiary alicyclic amines) is 2. The minimum absolute atomic E-state index is 0.337. The average molecular weight is 535 g/mol. The maximum Gasteiger partial charge on any atom is 0.175 e. The van der Waals surface area contributed by atoms with Gasteiger partial charge in [0.2, 0.25) is 0 Å². The summed E-state index contributed by atoms with van der Waals surface area (Å²) >= 11 is 0. The molecule has 2 aromatic carbocycles. The van der Waals surface area contributed by atoms with Gasteiger partial charge in [-0.05, 0) is 131 Å². The van der Waals surface area contributed by atoms with E-state index in [2.05, 4.69) is 40.5 Å². The molecule has 6 nitrogen and oxygen atoms in total. The lowest BCUT2D eigenvalue weighted by molar-refractivity contribution is 0.138. The Morgan fingerprint density at radius 1 is 0.921 bits per heavy atom. The predicted molar refractivity (Wildman–Crippen MR) is 154 cm³/mol. The van der Waals surface area contributed by atoms with Gasteiger partial charge in [-0.25, -0.2) is 13.4 Å². The Labute approximate surface area is 228 Å². The van der Waals surface area contributed by atoms with Crippen molar-refractivity contribution in [2.24, 2.45) is 13.0 Å². The smallest absolute Gasteiger partial charge is 0.175 e. The number of benzene rings is 2. The van der Waals surface area contributed by atoms with Gasteiger partial charge >= 0.3 is 0 Å². The summed E-state index contributed by atoms with van der Waals surface area (Å²) in [6.07, 6.45) is 10.7. The van der Waals surface area contributed by atoms with Crippen LogP contribution >= 0.6 is 0 Å². The van der Waals surface area contributed by atoms with E-state index >= 15 is 0 Å².